The number of hydrogen-bond acceptors (Lipinski definition) is 9. The van der Waals surface area contributed by atoms with Crippen molar-refractivity contribution in [1.29, 1.82) is 0 Å². The average molecular weight is 717 g/mol. The van der Waals surface area contributed by atoms with Gasteiger partial charge in [-0.2, -0.15) is 0 Å². The smallest absolute Gasteiger partial charge is 0.413 e. The van der Waals surface area contributed by atoms with Crippen molar-refractivity contribution < 1.29 is 23.8 Å². The van der Waals surface area contributed by atoms with Gasteiger partial charge in [-0.05, 0) is 93.0 Å². The lowest BCUT2D eigenvalue weighted by Gasteiger charge is -2.39. The molecule has 1 saturated heterocycles. The van der Waals surface area contributed by atoms with Gasteiger partial charge in [0.1, 0.15) is 22.7 Å². The molecule has 0 saturated carbocycles. The van der Waals surface area contributed by atoms with Crippen molar-refractivity contribution in [3.05, 3.63) is 82.4 Å². The average Bonchev–Trinajstić information content (AvgIpc) is 3.46. The molecule has 0 unspecified atom stereocenters. The molecule has 4 aromatic rings. The van der Waals surface area contributed by atoms with Gasteiger partial charge < -0.3 is 19.1 Å². The predicted molar refractivity (Wildman–Crippen MR) is 202 cm³/mol. The molecule has 3 aromatic carbocycles. The van der Waals surface area contributed by atoms with Gasteiger partial charge in [-0.1, -0.05) is 54.5 Å². The van der Waals surface area contributed by atoms with Gasteiger partial charge in [-0.15, -0.1) is 0 Å². The van der Waals surface area contributed by atoms with Gasteiger partial charge in [0.05, 0.1) is 17.3 Å². The van der Waals surface area contributed by atoms with Crippen molar-refractivity contribution in [2.75, 3.05) is 50.1 Å². The lowest BCUT2D eigenvalue weighted by molar-refractivity contribution is 0.0595. The second kappa shape index (κ2) is 14.6. The Labute approximate surface area is 303 Å². The van der Waals surface area contributed by atoms with E-state index in [2.05, 4.69) is 46.1 Å². The number of ether oxygens (including phenoxy) is 3. The molecule has 2 aliphatic rings. The number of piperazine rings is 1. The first kappa shape index (κ1) is 35.7. The first-order valence-corrected chi connectivity index (χ1v) is 18.2. The Balaban J connectivity index is 1.16. The van der Waals surface area contributed by atoms with E-state index in [0.717, 1.165) is 61.0 Å². The van der Waals surface area contributed by atoms with Crippen LogP contribution < -0.4 is 15.0 Å². The highest BCUT2D eigenvalue weighted by Gasteiger charge is 2.29. The third kappa shape index (κ3) is 8.78. The van der Waals surface area contributed by atoms with Crippen molar-refractivity contribution >= 4 is 61.6 Å². The lowest BCUT2D eigenvalue weighted by atomic mass is 9.72. The molecule has 6 rings (SSSR count). The number of fused-ring (bicyclic) bond motifs is 1. The number of anilines is 2. The molecule has 0 bridgehead atoms. The van der Waals surface area contributed by atoms with Crippen molar-refractivity contribution in [2.24, 2.45) is 5.41 Å². The maximum absolute atomic E-state index is 12.8. The zero-order valence-corrected chi connectivity index (χ0v) is 31.2. The van der Waals surface area contributed by atoms with Crippen molar-refractivity contribution in [3.8, 4) is 11.5 Å². The number of nitrogens with zero attached hydrogens (tertiary/aromatic N) is 3. The summed E-state index contributed by atoms with van der Waals surface area (Å²) in [5, 5.41) is 3.89. The van der Waals surface area contributed by atoms with Gasteiger partial charge in [-0.3, -0.25) is 10.2 Å². The molecule has 1 aliphatic heterocycles. The molecule has 0 atom stereocenters. The monoisotopic (exact) mass is 716 g/mol. The SMILES string of the molecule is COC(=O)c1ccc(N2CCN(CC3=C(c4ccc(Cl)cc4)CC(C)(C)CC3)CC2)cc1Oc1ccc2nc(NC(=O)OC(C)(C)C)sc2c1. The molecule has 264 valence electrons. The third-order valence-corrected chi connectivity index (χ3v) is 10.3. The number of aromatic nitrogens is 1. The van der Waals surface area contributed by atoms with E-state index in [1.165, 1.54) is 41.6 Å². The summed E-state index contributed by atoms with van der Waals surface area (Å²) < 4.78 is 17.6. The second-order valence-electron chi connectivity index (χ2n) is 14.7. The minimum atomic E-state index is -0.617. The van der Waals surface area contributed by atoms with Crippen LogP contribution in [0.1, 0.15) is 69.8 Å². The molecule has 0 radical (unpaired) electrons. The molecule has 1 fully saturated rings. The van der Waals surface area contributed by atoms with E-state index in [4.69, 9.17) is 25.8 Å². The van der Waals surface area contributed by atoms with Crippen LogP contribution in [0.25, 0.3) is 15.8 Å². The Morgan fingerprint density at radius 3 is 2.44 bits per heavy atom. The van der Waals surface area contributed by atoms with Crippen LogP contribution in [0.4, 0.5) is 15.6 Å². The largest absolute Gasteiger partial charge is 0.465 e. The van der Waals surface area contributed by atoms with Gasteiger partial charge in [0.2, 0.25) is 0 Å². The topological polar surface area (TPSA) is 93.2 Å². The van der Waals surface area contributed by atoms with E-state index < -0.39 is 17.7 Å². The number of carbonyl (C=O) groups is 2. The Morgan fingerprint density at radius 2 is 1.74 bits per heavy atom. The molecule has 1 N–H and O–H groups in total. The van der Waals surface area contributed by atoms with E-state index in [1.54, 1.807) is 12.1 Å². The summed E-state index contributed by atoms with van der Waals surface area (Å²) in [6.45, 7) is 14.7. The van der Waals surface area contributed by atoms with Gasteiger partial charge >= 0.3 is 12.1 Å². The number of thiazole rings is 1. The molecule has 1 aromatic heterocycles. The molecule has 9 nitrogen and oxygen atoms in total. The fourth-order valence-electron chi connectivity index (χ4n) is 6.51. The number of allylic oxidation sites excluding steroid dienone is 1. The van der Waals surface area contributed by atoms with Crippen molar-refractivity contribution in [3.63, 3.8) is 0 Å². The Bertz CT molecular complexity index is 1910. The fourth-order valence-corrected chi connectivity index (χ4v) is 7.51. The fraction of sp³-hybridized carbons (Fsp3) is 0.410. The van der Waals surface area contributed by atoms with E-state index >= 15 is 0 Å². The van der Waals surface area contributed by atoms with Gasteiger partial charge in [-0.25, -0.2) is 14.6 Å². The molecule has 50 heavy (non-hydrogen) atoms. The summed E-state index contributed by atoms with van der Waals surface area (Å²) >= 11 is 7.53. The first-order valence-electron chi connectivity index (χ1n) is 17.0. The van der Waals surface area contributed by atoms with Gasteiger partial charge in [0.25, 0.3) is 0 Å². The maximum atomic E-state index is 12.8. The Kier molecular flexibility index (Phi) is 10.4. The van der Waals surface area contributed by atoms with Crippen LogP contribution in [0.3, 0.4) is 0 Å². The van der Waals surface area contributed by atoms with Crippen LogP contribution in [0.5, 0.6) is 11.5 Å². The molecule has 0 spiro atoms. The Hall–Kier alpha value is -4.12. The number of esters is 1. The zero-order valence-electron chi connectivity index (χ0n) is 29.6. The molecule has 1 aliphatic carbocycles. The highest BCUT2D eigenvalue weighted by atomic mass is 35.5. The molecule has 1 amide bonds. The lowest BCUT2D eigenvalue weighted by Crippen LogP contribution is -2.47. The molecule has 11 heteroatoms. The van der Waals surface area contributed by atoms with E-state index in [1.807, 2.05) is 57.2 Å². The third-order valence-electron chi connectivity index (χ3n) is 9.10. The van der Waals surface area contributed by atoms with E-state index in [0.29, 0.717) is 27.7 Å². The van der Waals surface area contributed by atoms with Crippen molar-refractivity contribution in [2.45, 2.75) is 59.5 Å². The van der Waals surface area contributed by atoms with Crippen LogP contribution in [-0.4, -0.2) is 67.4 Å². The summed E-state index contributed by atoms with van der Waals surface area (Å²) in [6, 6.07) is 19.4. The van der Waals surface area contributed by atoms with Crippen LogP contribution in [-0.2, 0) is 9.47 Å². The number of nitrogens with one attached hydrogen (secondary N) is 1. The standard InChI is InChI=1S/C39H45ClN4O5S/c1-38(2,3)49-37(46)42-36-41-32-14-12-29(22-34(32)50-36)48-33-21-28(11-13-30(33)35(45)47-6)44-19-17-43(18-20-44)24-26-15-16-39(4,5)23-31(26)25-7-9-27(40)10-8-25/h7-14,21-22H,15-20,23-24H2,1-6H3,(H,41,42,46). The number of carbonyl (C=O) groups excluding carboxylic acids is 2. The second-order valence-corrected chi connectivity index (χ2v) is 16.2. The summed E-state index contributed by atoms with van der Waals surface area (Å²) in [7, 11) is 1.36. The summed E-state index contributed by atoms with van der Waals surface area (Å²) in [5.74, 6) is 0.479. The van der Waals surface area contributed by atoms with Crippen LogP contribution in [0.2, 0.25) is 5.02 Å². The number of hydrogen-bond donors (Lipinski definition) is 1. The number of methoxy groups -OCH3 is 1. The quantitative estimate of drug-likeness (QED) is 0.180. The van der Waals surface area contributed by atoms with E-state index in [9.17, 15) is 9.59 Å². The zero-order chi connectivity index (χ0) is 35.6. The minimum Gasteiger partial charge on any atom is -0.465 e. The maximum Gasteiger partial charge on any atom is 0.413 e. The van der Waals surface area contributed by atoms with Gasteiger partial charge in [0.15, 0.2) is 5.13 Å². The number of amides is 1. The Morgan fingerprint density at radius 1 is 1.00 bits per heavy atom. The van der Waals surface area contributed by atoms with Crippen LogP contribution in [0.15, 0.2) is 66.2 Å². The minimum absolute atomic E-state index is 0.279. The summed E-state index contributed by atoms with van der Waals surface area (Å²) in [6.07, 6.45) is 2.80. The highest BCUT2D eigenvalue weighted by molar-refractivity contribution is 7.22. The summed E-state index contributed by atoms with van der Waals surface area (Å²) in [4.78, 5) is 34.4. The predicted octanol–water partition coefficient (Wildman–Crippen LogP) is 9.66. The number of halogens is 1. The number of benzene rings is 3. The highest BCUT2D eigenvalue weighted by Crippen LogP contribution is 2.43. The number of rotatable bonds is 8. The van der Waals surface area contributed by atoms with Gasteiger partial charge in [0, 0.05) is 55.6 Å². The van der Waals surface area contributed by atoms with Crippen LogP contribution >= 0.6 is 22.9 Å². The molecule has 2 heterocycles. The first-order chi connectivity index (χ1) is 23.7. The van der Waals surface area contributed by atoms with Crippen molar-refractivity contribution in [1.82, 2.24) is 9.88 Å². The molecular weight excluding hydrogens is 672 g/mol. The molecular formula is C39H45ClN4O5S. The summed E-state index contributed by atoms with van der Waals surface area (Å²) in [5.41, 5.74) is 5.97. The van der Waals surface area contributed by atoms with Crippen LogP contribution in [0, 0.1) is 5.41 Å². The van der Waals surface area contributed by atoms with E-state index in [-0.39, 0.29) is 5.41 Å². The normalized spacial score (nSPS) is 16.7.